The van der Waals surface area contributed by atoms with Gasteiger partial charge in [0.15, 0.2) is 6.23 Å². The highest BCUT2D eigenvalue weighted by molar-refractivity contribution is 6.12. The second-order valence-electron chi connectivity index (χ2n) is 4.47. The molecular formula is C16H19NO4. The number of benzene rings is 2. The maximum Gasteiger partial charge on any atom is 0.210 e. The summed E-state index contributed by atoms with van der Waals surface area (Å²) in [5.74, 6) is 0.900. The molecule has 2 rings (SSSR count). The Labute approximate surface area is 123 Å². The molecule has 5 nitrogen and oxygen atoms in total. The molecule has 0 saturated heterocycles. The fourth-order valence-electron chi connectivity index (χ4n) is 2.24. The Morgan fingerprint density at radius 3 is 2.57 bits per heavy atom. The molecule has 1 unspecified atom stereocenters. The molecule has 0 heterocycles. The Kier molecular flexibility index (Phi) is 4.77. The van der Waals surface area contributed by atoms with Crippen LogP contribution in [0.25, 0.3) is 10.8 Å². The van der Waals surface area contributed by atoms with Gasteiger partial charge in [0, 0.05) is 6.61 Å². The Morgan fingerprint density at radius 2 is 1.95 bits per heavy atom. The number of rotatable bonds is 6. The summed E-state index contributed by atoms with van der Waals surface area (Å²) in [5, 5.41) is 1.64. The number of carbonyl (C=O) groups is 1. The van der Waals surface area contributed by atoms with Gasteiger partial charge in [-0.2, -0.15) is 0 Å². The van der Waals surface area contributed by atoms with Crippen LogP contribution in [0.3, 0.4) is 0 Å². The van der Waals surface area contributed by atoms with Gasteiger partial charge in [-0.1, -0.05) is 6.07 Å². The monoisotopic (exact) mass is 289 g/mol. The van der Waals surface area contributed by atoms with Crippen LogP contribution in [0.15, 0.2) is 30.3 Å². The fraction of sp³-hybridized carbons (Fsp3) is 0.312. The zero-order valence-corrected chi connectivity index (χ0v) is 12.4. The van der Waals surface area contributed by atoms with Crippen molar-refractivity contribution in [2.75, 3.05) is 20.8 Å². The van der Waals surface area contributed by atoms with Crippen LogP contribution >= 0.6 is 0 Å². The summed E-state index contributed by atoms with van der Waals surface area (Å²) in [7, 11) is 3.12. The summed E-state index contributed by atoms with van der Waals surface area (Å²) in [6.07, 6.45) is -1.00. The normalized spacial score (nSPS) is 12.2. The van der Waals surface area contributed by atoms with Gasteiger partial charge in [-0.05, 0) is 42.0 Å². The number of carbonyl (C=O) groups excluding carboxylic acids is 1. The Morgan fingerprint density at radius 1 is 1.19 bits per heavy atom. The first-order valence-corrected chi connectivity index (χ1v) is 6.68. The molecule has 0 bridgehead atoms. The summed E-state index contributed by atoms with van der Waals surface area (Å²) in [6, 6.07) is 9.10. The first-order valence-electron chi connectivity index (χ1n) is 6.68. The molecule has 0 saturated carbocycles. The van der Waals surface area contributed by atoms with Gasteiger partial charge >= 0.3 is 0 Å². The van der Waals surface area contributed by atoms with Crippen molar-refractivity contribution in [3.05, 3.63) is 35.9 Å². The van der Waals surface area contributed by atoms with E-state index >= 15 is 0 Å². The molecule has 112 valence electrons. The first-order chi connectivity index (χ1) is 10.1. The number of ketones is 1. The average Bonchev–Trinajstić information content (AvgIpc) is 2.52. The van der Waals surface area contributed by atoms with E-state index in [1.54, 1.807) is 26.2 Å². The third-order valence-corrected chi connectivity index (χ3v) is 3.26. The zero-order valence-electron chi connectivity index (χ0n) is 12.4. The lowest BCUT2D eigenvalue weighted by Gasteiger charge is -2.15. The van der Waals surface area contributed by atoms with E-state index in [9.17, 15) is 4.79 Å². The third-order valence-electron chi connectivity index (χ3n) is 3.26. The number of hydrogen-bond acceptors (Lipinski definition) is 5. The number of methoxy groups -OCH3 is 2. The predicted molar refractivity (Wildman–Crippen MR) is 81.0 cm³/mol. The molecule has 5 heteroatoms. The minimum atomic E-state index is -1.00. The van der Waals surface area contributed by atoms with E-state index in [-0.39, 0.29) is 5.78 Å². The van der Waals surface area contributed by atoms with Crippen LogP contribution in [0, 0.1) is 0 Å². The van der Waals surface area contributed by atoms with Crippen molar-refractivity contribution in [1.29, 1.82) is 0 Å². The van der Waals surface area contributed by atoms with E-state index in [0.717, 1.165) is 16.5 Å². The van der Waals surface area contributed by atoms with Crippen LogP contribution in [0.4, 0.5) is 0 Å². The molecule has 0 amide bonds. The van der Waals surface area contributed by atoms with Crippen molar-refractivity contribution in [3.8, 4) is 11.5 Å². The molecule has 2 N–H and O–H groups in total. The third kappa shape index (κ3) is 2.99. The Balaban J connectivity index is 2.60. The molecule has 0 aliphatic heterocycles. The minimum Gasteiger partial charge on any atom is -0.497 e. The van der Waals surface area contributed by atoms with Gasteiger partial charge in [0.05, 0.1) is 19.8 Å². The topological polar surface area (TPSA) is 70.8 Å². The Hall–Kier alpha value is -2.11. The number of nitrogens with two attached hydrogens (primary N) is 1. The summed E-state index contributed by atoms with van der Waals surface area (Å²) in [4.78, 5) is 12.5. The number of ether oxygens (including phenoxy) is 3. The van der Waals surface area contributed by atoms with Gasteiger partial charge in [0.1, 0.15) is 11.5 Å². The minimum absolute atomic E-state index is 0.301. The predicted octanol–water partition coefficient (Wildman–Crippen LogP) is 2.36. The molecule has 2 aromatic rings. The van der Waals surface area contributed by atoms with E-state index in [0.29, 0.717) is 17.9 Å². The summed E-state index contributed by atoms with van der Waals surface area (Å²) in [6.45, 7) is 2.16. The first kappa shape index (κ1) is 15.3. The average molecular weight is 289 g/mol. The highest BCUT2D eigenvalue weighted by Gasteiger charge is 2.22. The van der Waals surface area contributed by atoms with Gasteiger partial charge in [-0.3, -0.25) is 10.5 Å². The van der Waals surface area contributed by atoms with E-state index in [1.165, 1.54) is 7.11 Å². The summed E-state index contributed by atoms with van der Waals surface area (Å²) < 4.78 is 15.7. The zero-order chi connectivity index (χ0) is 15.4. The molecule has 21 heavy (non-hydrogen) atoms. The molecule has 0 spiro atoms. The molecule has 0 radical (unpaired) electrons. The second-order valence-corrected chi connectivity index (χ2v) is 4.47. The van der Waals surface area contributed by atoms with E-state index < -0.39 is 6.23 Å². The summed E-state index contributed by atoms with van der Waals surface area (Å²) in [5.41, 5.74) is 6.21. The lowest BCUT2D eigenvalue weighted by atomic mass is 9.99. The molecule has 2 aromatic carbocycles. The SMILES string of the molecule is CCOC(N)C(=O)c1c(OC)ccc2cc(OC)ccc12. The van der Waals surface area contributed by atoms with Gasteiger partial charge in [-0.25, -0.2) is 0 Å². The lowest BCUT2D eigenvalue weighted by molar-refractivity contribution is 0.0478. The van der Waals surface area contributed by atoms with Crippen LogP contribution in [0.2, 0.25) is 0 Å². The van der Waals surface area contributed by atoms with Crippen molar-refractivity contribution in [1.82, 2.24) is 0 Å². The standard InChI is InChI=1S/C16H19NO4/c1-4-21-16(17)15(18)14-12-7-6-11(19-2)9-10(12)5-8-13(14)20-3/h5-9,16H,4,17H2,1-3H3. The number of fused-ring (bicyclic) bond motifs is 1. The largest absolute Gasteiger partial charge is 0.497 e. The number of hydrogen-bond donors (Lipinski definition) is 1. The molecule has 1 atom stereocenters. The van der Waals surface area contributed by atoms with Crippen molar-refractivity contribution in [2.24, 2.45) is 5.73 Å². The van der Waals surface area contributed by atoms with Crippen molar-refractivity contribution < 1.29 is 19.0 Å². The highest BCUT2D eigenvalue weighted by atomic mass is 16.5. The van der Waals surface area contributed by atoms with Crippen molar-refractivity contribution in [3.63, 3.8) is 0 Å². The fourth-order valence-corrected chi connectivity index (χ4v) is 2.24. The van der Waals surface area contributed by atoms with Gasteiger partial charge < -0.3 is 14.2 Å². The maximum atomic E-state index is 12.5. The van der Waals surface area contributed by atoms with Crippen LogP contribution in [-0.2, 0) is 4.74 Å². The molecule has 0 aliphatic carbocycles. The van der Waals surface area contributed by atoms with Gasteiger partial charge in [0.2, 0.25) is 5.78 Å². The van der Waals surface area contributed by atoms with Crippen molar-refractivity contribution in [2.45, 2.75) is 13.2 Å². The van der Waals surface area contributed by atoms with Gasteiger partial charge in [-0.15, -0.1) is 0 Å². The Bertz CT molecular complexity index is 654. The maximum absolute atomic E-state index is 12.5. The van der Waals surface area contributed by atoms with Crippen LogP contribution < -0.4 is 15.2 Å². The van der Waals surface area contributed by atoms with Crippen molar-refractivity contribution >= 4 is 16.6 Å². The summed E-state index contributed by atoms with van der Waals surface area (Å²) >= 11 is 0. The van der Waals surface area contributed by atoms with Crippen LogP contribution in [0.1, 0.15) is 17.3 Å². The molecular weight excluding hydrogens is 270 g/mol. The second kappa shape index (κ2) is 6.56. The van der Waals surface area contributed by atoms with Crippen LogP contribution in [-0.4, -0.2) is 32.8 Å². The van der Waals surface area contributed by atoms with E-state index in [4.69, 9.17) is 19.9 Å². The molecule has 0 fully saturated rings. The van der Waals surface area contributed by atoms with E-state index in [2.05, 4.69) is 0 Å². The lowest BCUT2D eigenvalue weighted by Crippen LogP contribution is -2.33. The van der Waals surface area contributed by atoms with Gasteiger partial charge in [0.25, 0.3) is 0 Å². The smallest absolute Gasteiger partial charge is 0.210 e. The highest BCUT2D eigenvalue weighted by Crippen LogP contribution is 2.31. The quantitative estimate of drug-likeness (QED) is 0.653. The molecule has 0 aromatic heterocycles. The van der Waals surface area contributed by atoms with Crippen LogP contribution in [0.5, 0.6) is 11.5 Å². The number of Topliss-reactive ketones (excluding diaryl/α,β-unsaturated/α-hetero) is 1. The molecule has 0 aliphatic rings. The van der Waals surface area contributed by atoms with E-state index in [1.807, 2.05) is 18.2 Å².